The van der Waals surface area contributed by atoms with Gasteiger partial charge in [-0.1, -0.05) is 36.9 Å². The molecule has 1 aromatic rings. The number of hydrogen-bond acceptors (Lipinski definition) is 5. The van der Waals surface area contributed by atoms with Crippen molar-refractivity contribution in [3.8, 4) is 0 Å². The van der Waals surface area contributed by atoms with Crippen LogP contribution >= 0.6 is 0 Å². The van der Waals surface area contributed by atoms with Crippen LogP contribution in [-0.2, 0) is 30.4 Å². The van der Waals surface area contributed by atoms with Gasteiger partial charge in [-0.15, -0.1) is 0 Å². The molecule has 0 bridgehead atoms. The van der Waals surface area contributed by atoms with Crippen LogP contribution in [0.3, 0.4) is 0 Å². The molecule has 0 aliphatic carbocycles. The normalized spacial score (nSPS) is 25.7. The number of methoxy groups -OCH3 is 1. The highest BCUT2D eigenvalue weighted by atomic mass is 16.5. The van der Waals surface area contributed by atoms with E-state index in [-0.39, 0.29) is 24.3 Å². The molecule has 0 radical (unpaired) electrons. The topological polar surface area (TPSA) is 81.7 Å². The minimum absolute atomic E-state index is 0.135. The van der Waals surface area contributed by atoms with Crippen molar-refractivity contribution in [3.63, 3.8) is 0 Å². The first kappa shape index (κ1) is 19.8. The average Bonchev–Trinajstić information content (AvgIpc) is 2.66. The van der Waals surface area contributed by atoms with Crippen LogP contribution in [0.2, 0.25) is 0 Å². The van der Waals surface area contributed by atoms with Gasteiger partial charge in [0.15, 0.2) is 11.2 Å². The summed E-state index contributed by atoms with van der Waals surface area (Å²) in [5, 5.41) is 2.83. The number of benzene rings is 1. The molecule has 0 unspecified atom stereocenters. The zero-order valence-corrected chi connectivity index (χ0v) is 15.4. The third-order valence-corrected chi connectivity index (χ3v) is 4.84. The highest BCUT2D eigenvalue weighted by Crippen LogP contribution is 2.39. The van der Waals surface area contributed by atoms with Gasteiger partial charge in [0.25, 0.3) is 0 Å². The van der Waals surface area contributed by atoms with E-state index in [1.54, 1.807) is 6.92 Å². The first-order chi connectivity index (χ1) is 12.3. The van der Waals surface area contributed by atoms with Crippen LogP contribution in [0.1, 0.15) is 32.3 Å². The van der Waals surface area contributed by atoms with Crippen molar-refractivity contribution in [2.24, 2.45) is 5.41 Å². The molecule has 1 saturated heterocycles. The van der Waals surface area contributed by atoms with Crippen molar-refractivity contribution in [1.82, 2.24) is 5.32 Å². The van der Waals surface area contributed by atoms with Gasteiger partial charge in [-0.05, 0) is 25.8 Å². The summed E-state index contributed by atoms with van der Waals surface area (Å²) in [6, 6.07) is 9.55. The third kappa shape index (κ3) is 4.02. The van der Waals surface area contributed by atoms with Crippen LogP contribution in [0.5, 0.6) is 0 Å². The Labute approximate surface area is 153 Å². The van der Waals surface area contributed by atoms with Crippen molar-refractivity contribution in [1.29, 1.82) is 0 Å². The summed E-state index contributed by atoms with van der Waals surface area (Å²) in [5.74, 6) is -1.24. The number of Topliss-reactive ketones (excluding diaryl/α,β-unsaturated/α-hetero) is 1. The smallest absolute Gasteiger partial charge is 0.322 e. The quantitative estimate of drug-likeness (QED) is 0.478. The van der Waals surface area contributed by atoms with Gasteiger partial charge in [-0.25, -0.2) is 0 Å². The molecule has 1 fully saturated rings. The molecule has 1 aromatic carbocycles. The first-order valence-corrected chi connectivity index (χ1v) is 8.58. The SMILES string of the molecule is C=C1C(=O)[C@](C)(C(=O)OC)[C@H](CCC(=O)NCc2ccccc2)O[C@@H]1C. The Morgan fingerprint density at radius 2 is 1.96 bits per heavy atom. The summed E-state index contributed by atoms with van der Waals surface area (Å²) in [6.07, 6.45) is -0.880. The van der Waals surface area contributed by atoms with E-state index < -0.39 is 29.4 Å². The van der Waals surface area contributed by atoms with Gasteiger partial charge in [0.2, 0.25) is 5.91 Å². The lowest BCUT2D eigenvalue weighted by Crippen LogP contribution is -2.55. The lowest BCUT2D eigenvalue weighted by Gasteiger charge is -2.41. The maximum atomic E-state index is 12.6. The van der Waals surface area contributed by atoms with Gasteiger partial charge in [-0.3, -0.25) is 14.4 Å². The largest absolute Gasteiger partial charge is 0.468 e. The molecule has 6 heteroatoms. The van der Waals surface area contributed by atoms with Crippen molar-refractivity contribution in [2.45, 2.75) is 45.4 Å². The lowest BCUT2D eigenvalue weighted by atomic mass is 9.72. The Morgan fingerprint density at radius 3 is 2.58 bits per heavy atom. The Kier molecular flexibility index (Phi) is 6.32. The Bertz CT molecular complexity index is 699. The van der Waals surface area contributed by atoms with Gasteiger partial charge in [-0.2, -0.15) is 0 Å². The standard InChI is InChI=1S/C20H25NO5/c1-13-14(2)26-16(20(3,18(13)23)19(24)25-4)10-11-17(22)21-12-15-8-6-5-7-9-15/h5-9,14,16H,1,10-12H2,2-4H3,(H,21,22)/t14-,16+,20-/m1/s1. The number of hydrogen-bond donors (Lipinski definition) is 1. The molecule has 140 valence electrons. The maximum absolute atomic E-state index is 12.6. The van der Waals surface area contributed by atoms with Crippen LogP contribution in [-0.4, -0.2) is 37.0 Å². The second-order valence-corrected chi connectivity index (χ2v) is 6.62. The number of nitrogens with one attached hydrogen (secondary N) is 1. The predicted octanol–water partition coefficient (Wildman–Crippen LogP) is 2.17. The Balaban J connectivity index is 2.01. The van der Waals surface area contributed by atoms with Crippen LogP contribution in [0.15, 0.2) is 42.5 Å². The predicted molar refractivity (Wildman–Crippen MR) is 96.1 cm³/mol. The summed E-state index contributed by atoms with van der Waals surface area (Å²) in [4.78, 5) is 37.0. The van der Waals surface area contributed by atoms with E-state index in [9.17, 15) is 14.4 Å². The number of carbonyl (C=O) groups excluding carboxylic acids is 3. The molecule has 0 spiro atoms. The molecule has 0 saturated carbocycles. The van der Waals surface area contributed by atoms with E-state index in [4.69, 9.17) is 9.47 Å². The summed E-state index contributed by atoms with van der Waals surface area (Å²) >= 11 is 0. The summed E-state index contributed by atoms with van der Waals surface area (Å²) < 4.78 is 10.6. The summed E-state index contributed by atoms with van der Waals surface area (Å²) in [5.41, 5.74) is -0.255. The molecule has 3 atom stereocenters. The fourth-order valence-electron chi connectivity index (χ4n) is 3.07. The number of ketones is 1. The monoisotopic (exact) mass is 359 g/mol. The van der Waals surface area contributed by atoms with Crippen molar-refractivity contribution in [3.05, 3.63) is 48.0 Å². The molecule has 2 rings (SSSR count). The molecule has 1 amide bonds. The summed E-state index contributed by atoms with van der Waals surface area (Å²) in [7, 11) is 1.23. The number of ether oxygens (including phenoxy) is 2. The molecule has 26 heavy (non-hydrogen) atoms. The first-order valence-electron chi connectivity index (χ1n) is 8.58. The zero-order valence-electron chi connectivity index (χ0n) is 15.4. The molecular formula is C20H25NO5. The van der Waals surface area contributed by atoms with Gasteiger partial charge in [0.05, 0.1) is 19.3 Å². The second-order valence-electron chi connectivity index (χ2n) is 6.62. The number of carbonyl (C=O) groups is 3. The molecular weight excluding hydrogens is 334 g/mol. The maximum Gasteiger partial charge on any atom is 0.322 e. The van der Waals surface area contributed by atoms with Crippen LogP contribution < -0.4 is 5.32 Å². The fourth-order valence-corrected chi connectivity index (χ4v) is 3.07. The van der Waals surface area contributed by atoms with Crippen LogP contribution in [0.25, 0.3) is 0 Å². The van der Waals surface area contributed by atoms with Gasteiger partial charge >= 0.3 is 5.97 Å². The molecule has 1 heterocycles. The van der Waals surface area contributed by atoms with Crippen LogP contribution in [0.4, 0.5) is 0 Å². The highest BCUT2D eigenvalue weighted by molar-refractivity contribution is 6.13. The molecule has 0 aromatic heterocycles. The van der Waals surface area contributed by atoms with E-state index in [0.29, 0.717) is 6.54 Å². The van der Waals surface area contributed by atoms with E-state index in [1.807, 2.05) is 30.3 Å². The zero-order chi connectivity index (χ0) is 19.3. The second kappa shape index (κ2) is 8.27. The Hall–Kier alpha value is -2.47. The minimum atomic E-state index is -1.49. The number of rotatable bonds is 6. The van der Waals surface area contributed by atoms with E-state index >= 15 is 0 Å². The average molecular weight is 359 g/mol. The molecule has 6 nitrogen and oxygen atoms in total. The van der Waals surface area contributed by atoms with E-state index in [1.165, 1.54) is 14.0 Å². The number of esters is 1. The minimum Gasteiger partial charge on any atom is -0.468 e. The van der Waals surface area contributed by atoms with E-state index in [2.05, 4.69) is 11.9 Å². The van der Waals surface area contributed by atoms with Gasteiger partial charge in [0.1, 0.15) is 0 Å². The number of amides is 1. The van der Waals surface area contributed by atoms with Gasteiger partial charge in [0, 0.05) is 18.5 Å². The van der Waals surface area contributed by atoms with Gasteiger partial charge < -0.3 is 14.8 Å². The van der Waals surface area contributed by atoms with Crippen LogP contribution in [0, 0.1) is 5.41 Å². The molecule has 1 aliphatic rings. The van der Waals surface area contributed by atoms with Crippen molar-refractivity contribution < 1.29 is 23.9 Å². The molecule has 1 aliphatic heterocycles. The summed E-state index contributed by atoms with van der Waals surface area (Å²) in [6.45, 7) is 7.34. The van der Waals surface area contributed by atoms with E-state index in [0.717, 1.165) is 5.56 Å². The third-order valence-electron chi connectivity index (χ3n) is 4.84. The van der Waals surface area contributed by atoms with Crippen molar-refractivity contribution in [2.75, 3.05) is 7.11 Å². The van der Waals surface area contributed by atoms with Crippen molar-refractivity contribution >= 4 is 17.7 Å². The lowest BCUT2D eigenvalue weighted by molar-refractivity contribution is -0.175. The molecule has 1 N–H and O–H groups in total. The highest BCUT2D eigenvalue weighted by Gasteiger charge is 2.54. The fraction of sp³-hybridized carbons (Fsp3) is 0.450. The Morgan fingerprint density at radius 1 is 1.31 bits per heavy atom.